The first-order chi connectivity index (χ1) is 6.61. The van der Waals surface area contributed by atoms with Crippen LogP contribution in [0.5, 0.6) is 5.75 Å². The number of nitrogens with zero attached hydrogens (tertiary/aromatic N) is 2. The molecule has 74 valence electrons. The molecule has 1 heterocycles. The molecule has 14 heavy (non-hydrogen) atoms. The normalized spacial score (nSPS) is 10.2. The molecule has 3 nitrogen and oxygen atoms in total. The Bertz CT molecular complexity index is 390. The first kappa shape index (κ1) is 10.7. The van der Waals surface area contributed by atoms with Crippen LogP contribution in [0, 0.1) is 11.3 Å². The van der Waals surface area contributed by atoms with Gasteiger partial charge in [-0.2, -0.15) is 5.26 Å². The van der Waals surface area contributed by atoms with Gasteiger partial charge < -0.3 is 5.11 Å². The summed E-state index contributed by atoms with van der Waals surface area (Å²) >= 11 is 5.41. The maximum Gasteiger partial charge on any atom is 0.281 e. The molecule has 1 N–H and O–H groups in total. The van der Waals surface area contributed by atoms with Crippen LogP contribution in [-0.2, 0) is 5.88 Å². The van der Waals surface area contributed by atoms with Crippen LogP contribution in [0.25, 0.3) is 0 Å². The van der Waals surface area contributed by atoms with Gasteiger partial charge in [-0.15, -0.1) is 11.6 Å². The van der Waals surface area contributed by atoms with E-state index in [-0.39, 0.29) is 22.8 Å². The smallest absolute Gasteiger partial charge is 0.281 e. The molecule has 0 aliphatic carbocycles. The summed E-state index contributed by atoms with van der Waals surface area (Å²) in [6.07, 6.45) is -1.99. The maximum atomic E-state index is 12.3. The Hall–Kier alpha value is -1.41. The highest BCUT2D eigenvalue weighted by Gasteiger charge is 2.20. The van der Waals surface area contributed by atoms with E-state index in [0.29, 0.717) is 0 Å². The fourth-order valence-electron chi connectivity index (χ4n) is 0.981. The quantitative estimate of drug-likeness (QED) is 0.775. The Morgan fingerprint density at radius 2 is 2.29 bits per heavy atom. The fourth-order valence-corrected chi connectivity index (χ4v) is 1.25. The molecule has 0 aliphatic heterocycles. The molecule has 1 aromatic rings. The lowest BCUT2D eigenvalue weighted by atomic mass is 10.1. The van der Waals surface area contributed by atoms with E-state index in [1.165, 1.54) is 0 Å². The number of hydrogen-bond donors (Lipinski definition) is 1. The molecule has 0 bridgehead atoms. The van der Waals surface area contributed by atoms with Crippen LogP contribution in [0.1, 0.15) is 23.2 Å². The second-order valence-corrected chi connectivity index (χ2v) is 2.70. The number of pyridine rings is 1. The minimum atomic E-state index is -2.85. The topological polar surface area (TPSA) is 56.9 Å². The molecule has 0 amide bonds. The summed E-state index contributed by atoms with van der Waals surface area (Å²) in [7, 11) is 0. The fraction of sp³-hybridized carbons (Fsp3) is 0.250. The summed E-state index contributed by atoms with van der Waals surface area (Å²) in [6, 6.07) is 1.55. The Kier molecular flexibility index (Phi) is 3.20. The molecule has 0 radical (unpaired) electrons. The van der Waals surface area contributed by atoms with Crippen LogP contribution in [0.3, 0.4) is 0 Å². The summed E-state index contributed by atoms with van der Waals surface area (Å²) < 4.78 is 24.6. The van der Waals surface area contributed by atoms with Crippen LogP contribution >= 0.6 is 11.6 Å². The Balaban J connectivity index is 3.43. The number of hydrogen-bond acceptors (Lipinski definition) is 3. The van der Waals surface area contributed by atoms with Gasteiger partial charge in [0.2, 0.25) is 0 Å². The predicted molar refractivity (Wildman–Crippen MR) is 45.1 cm³/mol. The van der Waals surface area contributed by atoms with E-state index >= 15 is 0 Å². The van der Waals surface area contributed by atoms with Crippen molar-refractivity contribution in [2.45, 2.75) is 12.3 Å². The van der Waals surface area contributed by atoms with E-state index in [2.05, 4.69) is 4.98 Å². The van der Waals surface area contributed by atoms with Gasteiger partial charge in [-0.05, 0) is 0 Å². The molecule has 0 aromatic carbocycles. The van der Waals surface area contributed by atoms with Crippen molar-refractivity contribution >= 4 is 11.6 Å². The maximum absolute atomic E-state index is 12.3. The van der Waals surface area contributed by atoms with Gasteiger partial charge in [0.05, 0.1) is 17.6 Å². The summed E-state index contributed by atoms with van der Waals surface area (Å²) in [4.78, 5) is 3.28. The minimum Gasteiger partial charge on any atom is -0.506 e. The second kappa shape index (κ2) is 4.20. The number of aromatic hydroxyl groups is 1. The first-order valence-electron chi connectivity index (χ1n) is 3.56. The van der Waals surface area contributed by atoms with E-state index in [4.69, 9.17) is 16.9 Å². The Morgan fingerprint density at radius 1 is 1.64 bits per heavy atom. The molecule has 6 heteroatoms. The van der Waals surface area contributed by atoms with Gasteiger partial charge in [-0.3, -0.25) is 0 Å². The molecule has 1 aromatic heterocycles. The van der Waals surface area contributed by atoms with Crippen LogP contribution in [0.4, 0.5) is 8.78 Å². The SMILES string of the molecule is N#Cc1c(C(F)F)ncc(O)c1CCl. The van der Waals surface area contributed by atoms with Gasteiger partial charge in [-0.25, -0.2) is 13.8 Å². The third kappa shape index (κ3) is 1.75. The number of alkyl halides is 3. The minimum absolute atomic E-state index is 0.0144. The molecule has 1 rings (SSSR count). The monoisotopic (exact) mass is 218 g/mol. The number of nitriles is 1. The van der Waals surface area contributed by atoms with Gasteiger partial charge >= 0.3 is 0 Å². The molecule has 0 atom stereocenters. The Labute approximate surface area is 83.6 Å². The first-order valence-corrected chi connectivity index (χ1v) is 4.10. The van der Waals surface area contributed by atoms with Gasteiger partial charge in [0.25, 0.3) is 6.43 Å². The highest BCUT2D eigenvalue weighted by Crippen LogP contribution is 2.28. The molecular formula is C8H5ClF2N2O. The van der Waals surface area contributed by atoms with Crippen LogP contribution in [0.15, 0.2) is 6.20 Å². The third-order valence-electron chi connectivity index (χ3n) is 1.65. The zero-order chi connectivity index (χ0) is 10.7. The lowest BCUT2D eigenvalue weighted by Gasteiger charge is -2.06. The van der Waals surface area contributed by atoms with Crippen LogP contribution in [-0.4, -0.2) is 10.1 Å². The van der Waals surface area contributed by atoms with Gasteiger partial charge in [-0.1, -0.05) is 0 Å². The standard InChI is InChI=1S/C8H5ClF2N2O/c9-1-4-5(2-12)7(8(10)11)13-3-6(4)14/h3,8,14H,1H2. The third-order valence-corrected chi connectivity index (χ3v) is 1.91. The molecule has 0 saturated carbocycles. The van der Waals surface area contributed by atoms with Crippen molar-refractivity contribution in [2.75, 3.05) is 0 Å². The van der Waals surface area contributed by atoms with Crippen molar-refractivity contribution in [3.05, 3.63) is 23.0 Å². The highest BCUT2D eigenvalue weighted by atomic mass is 35.5. The second-order valence-electron chi connectivity index (χ2n) is 2.43. The molecule has 0 fully saturated rings. The van der Waals surface area contributed by atoms with Crippen molar-refractivity contribution in [3.63, 3.8) is 0 Å². The summed E-state index contributed by atoms with van der Waals surface area (Å²) in [6.45, 7) is 0. The summed E-state index contributed by atoms with van der Waals surface area (Å²) in [5, 5.41) is 17.8. The van der Waals surface area contributed by atoms with Crippen LogP contribution in [0.2, 0.25) is 0 Å². The number of halogens is 3. The average molecular weight is 219 g/mol. The van der Waals surface area contributed by atoms with Crippen molar-refractivity contribution in [1.82, 2.24) is 4.98 Å². The predicted octanol–water partition coefficient (Wildman–Crippen LogP) is 2.34. The van der Waals surface area contributed by atoms with E-state index < -0.39 is 12.1 Å². The number of aromatic nitrogens is 1. The zero-order valence-electron chi connectivity index (χ0n) is 6.84. The largest absolute Gasteiger partial charge is 0.506 e. The molecule has 0 saturated heterocycles. The molecule has 0 spiro atoms. The van der Waals surface area contributed by atoms with E-state index in [1.54, 1.807) is 6.07 Å². The average Bonchev–Trinajstić information content (AvgIpc) is 2.16. The van der Waals surface area contributed by atoms with Crippen LogP contribution < -0.4 is 0 Å². The molecular weight excluding hydrogens is 214 g/mol. The highest BCUT2D eigenvalue weighted by molar-refractivity contribution is 6.17. The van der Waals surface area contributed by atoms with Gasteiger partial charge in [0.15, 0.2) is 0 Å². The lowest BCUT2D eigenvalue weighted by molar-refractivity contribution is 0.145. The Morgan fingerprint density at radius 3 is 2.71 bits per heavy atom. The zero-order valence-corrected chi connectivity index (χ0v) is 7.59. The summed E-state index contributed by atoms with van der Waals surface area (Å²) in [5.74, 6) is -0.558. The van der Waals surface area contributed by atoms with E-state index in [0.717, 1.165) is 6.20 Å². The van der Waals surface area contributed by atoms with Crippen molar-refractivity contribution < 1.29 is 13.9 Å². The molecule has 0 unspecified atom stereocenters. The summed E-state index contributed by atoms with van der Waals surface area (Å²) in [5.41, 5.74) is -1.02. The van der Waals surface area contributed by atoms with Gasteiger partial charge in [0.1, 0.15) is 17.5 Å². The van der Waals surface area contributed by atoms with E-state index in [1.807, 2.05) is 0 Å². The van der Waals surface area contributed by atoms with Gasteiger partial charge in [0, 0.05) is 5.56 Å². The number of rotatable bonds is 2. The van der Waals surface area contributed by atoms with Crippen molar-refractivity contribution in [3.8, 4) is 11.8 Å². The van der Waals surface area contributed by atoms with E-state index in [9.17, 15) is 13.9 Å². The van der Waals surface area contributed by atoms with Crippen molar-refractivity contribution in [1.29, 1.82) is 5.26 Å². The van der Waals surface area contributed by atoms with Crippen molar-refractivity contribution in [2.24, 2.45) is 0 Å². The lowest BCUT2D eigenvalue weighted by Crippen LogP contribution is -1.99. The molecule has 0 aliphatic rings.